The molecule has 4 heteroatoms. The minimum absolute atomic E-state index is 0.00387. The van der Waals surface area contributed by atoms with Crippen LogP contribution < -0.4 is 31.1 Å². The topological polar surface area (TPSA) is 9.72 Å². The quantitative estimate of drug-likeness (QED) is 0.159. The maximum absolute atomic E-state index is 2.77. The Bertz CT molecular complexity index is 3350. The lowest BCUT2D eigenvalue weighted by Gasteiger charge is -2.52. The number of hydrogen-bond acceptors (Lipinski definition) is 3. The van der Waals surface area contributed by atoms with Crippen LogP contribution in [-0.2, 0) is 21.7 Å². The van der Waals surface area contributed by atoms with Gasteiger partial charge in [0.25, 0.3) is 6.71 Å². The number of benzene rings is 8. The maximum atomic E-state index is 2.77. The second-order valence-corrected chi connectivity index (χ2v) is 24.3. The fourth-order valence-electron chi connectivity index (χ4n) is 13.3. The van der Waals surface area contributed by atoms with Crippen LogP contribution in [0.15, 0.2) is 182 Å². The maximum Gasteiger partial charge on any atom is 0.252 e. The second kappa shape index (κ2) is 16.1. The van der Waals surface area contributed by atoms with Crippen LogP contribution in [0.4, 0.5) is 45.5 Å². The van der Waals surface area contributed by atoms with Crippen LogP contribution >= 0.6 is 0 Å². The van der Waals surface area contributed by atoms with Gasteiger partial charge in [-0.3, -0.25) is 0 Å². The van der Waals surface area contributed by atoms with Crippen LogP contribution in [0.2, 0.25) is 0 Å². The van der Waals surface area contributed by atoms with Crippen molar-refractivity contribution in [2.24, 2.45) is 0 Å². The molecule has 3 nitrogen and oxygen atoms in total. The first-order chi connectivity index (χ1) is 34.0. The Hall–Kier alpha value is -6.78. The van der Waals surface area contributed by atoms with E-state index >= 15 is 0 Å². The molecule has 1 fully saturated rings. The monoisotopic (exact) mass is 926 g/mol. The first-order valence-electron chi connectivity index (χ1n) is 26.3. The van der Waals surface area contributed by atoms with E-state index in [0.717, 1.165) is 12.8 Å². The van der Waals surface area contributed by atoms with Crippen molar-refractivity contribution in [1.82, 2.24) is 0 Å². The van der Waals surface area contributed by atoms with Crippen LogP contribution in [0.1, 0.15) is 123 Å². The minimum Gasteiger partial charge on any atom is -0.334 e. The standard InChI is InChI=1S/C67H68BN3/c1-63(2,3)46-31-34-50(35-32-46)69-59-44-51(71-57-29-19-17-27-53(57)67(47-25-15-12-16-26-47)40-22-21-39-66(67,71)10)36-37-55(59)68-54-28-18-20-30-58(54)70(61-43-49(65(7,8)9)42-60(69)62(61)68)56-38-33-48(64(4,5)6)41-52(56)45-23-13-11-14-24-45/h11-20,23-38,41-44H,21-22,39-40H2,1-10H3. The molecule has 8 aromatic carbocycles. The van der Waals surface area contributed by atoms with Crippen molar-refractivity contribution < 1.29 is 0 Å². The molecule has 0 aromatic heterocycles. The Balaban J connectivity index is 1.14. The third kappa shape index (κ3) is 6.91. The van der Waals surface area contributed by atoms with Gasteiger partial charge in [-0.2, -0.15) is 0 Å². The number of rotatable bonds is 5. The predicted molar refractivity (Wildman–Crippen MR) is 305 cm³/mol. The van der Waals surface area contributed by atoms with Gasteiger partial charge in [0.15, 0.2) is 0 Å². The fraction of sp³-hybridized carbons (Fsp3) is 0.284. The average molecular weight is 926 g/mol. The molecule has 1 aliphatic carbocycles. The Kier molecular flexibility index (Phi) is 10.3. The van der Waals surface area contributed by atoms with E-state index in [0.29, 0.717) is 0 Å². The highest BCUT2D eigenvalue weighted by molar-refractivity contribution is 7.00. The molecule has 2 unspecified atom stereocenters. The van der Waals surface area contributed by atoms with E-state index in [1.54, 1.807) is 0 Å². The van der Waals surface area contributed by atoms with Gasteiger partial charge < -0.3 is 14.7 Å². The van der Waals surface area contributed by atoms with Gasteiger partial charge in [0.2, 0.25) is 0 Å². The summed E-state index contributed by atoms with van der Waals surface area (Å²) < 4.78 is 0. The largest absolute Gasteiger partial charge is 0.334 e. The van der Waals surface area contributed by atoms with Gasteiger partial charge in [-0.1, -0.05) is 196 Å². The number of fused-ring (bicyclic) bond motifs is 7. The van der Waals surface area contributed by atoms with Gasteiger partial charge >= 0.3 is 0 Å². The molecule has 3 aliphatic heterocycles. The van der Waals surface area contributed by atoms with Crippen molar-refractivity contribution in [2.75, 3.05) is 14.7 Å². The summed E-state index contributed by atoms with van der Waals surface area (Å²) in [4.78, 5) is 8.02. The van der Waals surface area contributed by atoms with Crippen LogP contribution in [-0.4, -0.2) is 12.3 Å². The lowest BCUT2D eigenvalue weighted by Crippen LogP contribution is -2.61. The summed E-state index contributed by atoms with van der Waals surface area (Å²) in [6.45, 7) is 23.6. The Labute approximate surface area is 424 Å². The van der Waals surface area contributed by atoms with E-state index in [4.69, 9.17) is 0 Å². The fourth-order valence-corrected chi connectivity index (χ4v) is 13.3. The molecule has 354 valence electrons. The number of hydrogen-bond donors (Lipinski definition) is 0. The van der Waals surface area contributed by atoms with Crippen LogP contribution in [0.25, 0.3) is 11.1 Å². The number of para-hydroxylation sites is 2. The summed E-state index contributed by atoms with van der Waals surface area (Å²) in [5.41, 5.74) is 22.8. The smallest absolute Gasteiger partial charge is 0.252 e. The highest BCUT2D eigenvalue weighted by atomic mass is 15.3. The molecular formula is C67H68BN3. The highest BCUT2D eigenvalue weighted by Crippen LogP contribution is 2.64. The van der Waals surface area contributed by atoms with Gasteiger partial charge in [0.05, 0.1) is 11.2 Å². The first kappa shape index (κ1) is 45.4. The van der Waals surface area contributed by atoms with Crippen molar-refractivity contribution in [2.45, 2.75) is 122 Å². The molecule has 1 saturated carbocycles. The highest BCUT2D eigenvalue weighted by Gasteiger charge is 2.61. The molecule has 2 atom stereocenters. The summed E-state index contributed by atoms with van der Waals surface area (Å²) in [7, 11) is 0. The Morgan fingerprint density at radius 1 is 0.423 bits per heavy atom. The van der Waals surface area contributed by atoms with Crippen molar-refractivity contribution in [1.29, 1.82) is 0 Å². The lowest BCUT2D eigenvalue weighted by molar-refractivity contribution is 0.215. The van der Waals surface area contributed by atoms with E-state index in [2.05, 4.69) is 266 Å². The van der Waals surface area contributed by atoms with Crippen molar-refractivity contribution in [3.63, 3.8) is 0 Å². The summed E-state index contributed by atoms with van der Waals surface area (Å²) in [5.74, 6) is 0. The van der Waals surface area contributed by atoms with Crippen molar-refractivity contribution >= 4 is 68.6 Å². The normalized spacial score (nSPS) is 19.2. The molecule has 0 N–H and O–H groups in total. The summed E-state index contributed by atoms with van der Waals surface area (Å²) >= 11 is 0. The molecule has 3 heterocycles. The van der Waals surface area contributed by atoms with Crippen molar-refractivity contribution in [3.8, 4) is 11.1 Å². The van der Waals surface area contributed by atoms with Gasteiger partial charge in [-0.15, -0.1) is 0 Å². The SMILES string of the molecule is CC(C)(C)c1ccc(N2c3cc(N4c5ccccc5C5(c6ccccc6)CCCCC45C)ccc3B3c4ccccc4N(c4ccc(C(C)(C)C)cc4-c4ccccc4)c4cc(C(C)(C)C)cc2c43)cc1. The molecule has 8 aromatic rings. The third-order valence-corrected chi connectivity index (χ3v) is 17.0. The predicted octanol–water partition coefficient (Wildman–Crippen LogP) is 16.1. The molecule has 0 saturated heterocycles. The van der Waals surface area contributed by atoms with E-state index in [9.17, 15) is 0 Å². The van der Waals surface area contributed by atoms with Crippen LogP contribution in [0.5, 0.6) is 0 Å². The van der Waals surface area contributed by atoms with Crippen molar-refractivity contribution in [3.05, 3.63) is 210 Å². The van der Waals surface area contributed by atoms with Gasteiger partial charge in [-0.05, 0) is 146 Å². The molecule has 0 radical (unpaired) electrons. The number of anilines is 8. The zero-order valence-electron chi connectivity index (χ0n) is 43.6. The van der Waals surface area contributed by atoms with Gasteiger partial charge in [0.1, 0.15) is 0 Å². The average Bonchev–Trinajstić information content (AvgIpc) is 3.61. The molecular weight excluding hydrogens is 858 g/mol. The second-order valence-electron chi connectivity index (χ2n) is 24.3. The zero-order valence-corrected chi connectivity index (χ0v) is 43.6. The molecule has 0 bridgehead atoms. The van der Waals surface area contributed by atoms with E-state index in [1.807, 2.05) is 0 Å². The molecule has 71 heavy (non-hydrogen) atoms. The summed E-state index contributed by atoms with van der Waals surface area (Å²) in [6.07, 6.45) is 4.67. The zero-order chi connectivity index (χ0) is 49.2. The molecule has 4 aliphatic rings. The van der Waals surface area contributed by atoms with E-state index < -0.39 is 0 Å². The molecule has 12 rings (SSSR count). The van der Waals surface area contributed by atoms with Gasteiger partial charge in [0, 0.05) is 50.8 Å². The van der Waals surface area contributed by atoms with Crippen LogP contribution in [0, 0.1) is 0 Å². The van der Waals surface area contributed by atoms with Crippen LogP contribution in [0.3, 0.4) is 0 Å². The van der Waals surface area contributed by atoms with E-state index in [-0.39, 0.29) is 33.9 Å². The first-order valence-corrected chi connectivity index (χ1v) is 26.3. The van der Waals surface area contributed by atoms with Gasteiger partial charge in [-0.25, -0.2) is 0 Å². The summed E-state index contributed by atoms with van der Waals surface area (Å²) in [5, 5.41) is 0. The number of nitrogens with zero attached hydrogens (tertiary/aromatic N) is 3. The molecule has 0 amide bonds. The lowest BCUT2D eigenvalue weighted by atomic mass is 9.33. The third-order valence-electron chi connectivity index (χ3n) is 17.0. The Morgan fingerprint density at radius 3 is 1.68 bits per heavy atom. The summed E-state index contributed by atoms with van der Waals surface area (Å²) in [6, 6.07) is 70.5. The Morgan fingerprint density at radius 2 is 0.986 bits per heavy atom. The minimum atomic E-state index is -0.181. The van der Waals surface area contributed by atoms with E-state index in [1.165, 1.54) is 114 Å². The molecule has 0 spiro atoms.